The molecule has 0 fully saturated rings. The zero-order valence-corrected chi connectivity index (χ0v) is 14.2. The van der Waals surface area contributed by atoms with Gasteiger partial charge >= 0.3 is 0 Å². The zero-order chi connectivity index (χ0) is 13.1. The minimum absolute atomic E-state index is 0.516. The van der Waals surface area contributed by atoms with Crippen LogP contribution in [0, 0.1) is 13.8 Å². The van der Waals surface area contributed by atoms with E-state index in [0.717, 1.165) is 31.8 Å². The fourth-order valence-electron chi connectivity index (χ4n) is 1.56. The summed E-state index contributed by atoms with van der Waals surface area (Å²) < 4.78 is 6.86. The Balaban J connectivity index is 2.15. The fourth-order valence-corrected chi connectivity index (χ4v) is 3.37. The van der Waals surface area contributed by atoms with Gasteiger partial charge in [0.05, 0.1) is 10.2 Å². The van der Waals surface area contributed by atoms with E-state index in [1.165, 1.54) is 4.88 Å². The van der Waals surface area contributed by atoms with Gasteiger partial charge in [0.1, 0.15) is 17.4 Å². The molecule has 2 rings (SSSR count). The molecule has 5 heteroatoms. The van der Waals surface area contributed by atoms with Crippen LogP contribution in [-0.2, 0) is 11.9 Å². The summed E-state index contributed by atoms with van der Waals surface area (Å²) >= 11 is 8.68. The molecular weight excluding hydrogens is 378 g/mol. The van der Waals surface area contributed by atoms with Crippen LogP contribution in [0.1, 0.15) is 21.1 Å². The predicted octanol–water partition coefficient (Wildman–Crippen LogP) is 5.00. The highest BCUT2D eigenvalue weighted by Crippen LogP contribution is 2.31. The van der Waals surface area contributed by atoms with E-state index in [9.17, 15) is 0 Å². The Morgan fingerprint density at radius 1 is 1.33 bits per heavy atom. The number of thiazole rings is 1. The molecule has 0 aliphatic heterocycles. The summed E-state index contributed by atoms with van der Waals surface area (Å²) in [6.45, 7) is 4.62. The molecule has 1 aromatic heterocycles. The maximum atomic E-state index is 5.88. The van der Waals surface area contributed by atoms with Gasteiger partial charge in [-0.1, -0.05) is 28.1 Å². The van der Waals surface area contributed by atoms with Crippen LogP contribution in [0.5, 0.6) is 5.75 Å². The van der Waals surface area contributed by atoms with Crippen LogP contribution in [0.15, 0.2) is 22.7 Å². The first-order valence-electron chi connectivity index (χ1n) is 5.51. The average molecular weight is 391 g/mol. The van der Waals surface area contributed by atoms with Crippen molar-refractivity contribution >= 4 is 43.2 Å². The van der Waals surface area contributed by atoms with Crippen molar-refractivity contribution in [3.8, 4) is 5.75 Å². The third-order valence-electron chi connectivity index (χ3n) is 2.61. The Morgan fingerprint density at radius 2 is 2.11 bits per heavy atom. The molecule has 0 unspecified atom stereocenters. The summed E-state index contributed by atoms with van der Waals surface area (Å²) in [6, 6.07) is 6.04. The Kier molecular flexibility index (Phi) is 4.81. The Bertz CT molecular complexity index is 534. The molecule has 0 atom stereocenters. The number of benzene rings is 1. The van der Waals surface area contributed by atoms with Gasteiger partial charge in [0.25, 0.3) is 0 Å². The largest absolute Gasteiger partial charge is 0.485 e. The smallest absolute Gasteiger partial charge is 0.140 e. The number of aromatic nitrogens is 1. The lowest BCUT2D eigenvalue weighted by molar-refractivity contribution is 0.301. The molecule has 1 aromatic carbocycles. The van der Waals surface area contributed by atoms with Gasteiger partial charge in [-0.05, 0) is 35.8 Å². The predicted molar refractivity (Wildman–Crippen MR) is 82.7 cm³/mol. The molecule has 0 bridgehead atoms. The van der Waals surface area contributed by atoms with E-state index in [1.54, 1.807) is 11.3 Å². The van der Waals surface area contributed by atoms with Crippen LogP contribution in [-0.4, -0.2) is 4.98 Å². The number of ether oxygens (including phenoxy) is 1. The van der Waals surface area contributed by atoms with Gasteiger partial charge in [-0.3, -0.25) is 0 Å². The van der Waals surface area contributed by atoms with Crippen LogP contribution in [0.2, 0.25) is 0 Å². The summed E-state index contributed by atoms with van der Waals surface area (Å²) in [5.74, 6) is 0.889. The summed E-state index contributed by atoms with van der Waals surface area (Å²) in [6.07, 6.45) is 0. The molecule has 0 saturated heterocycles. The van der Waals surface area contributed by atoms with Crippen molar-refractivity contribution in [2.24, 2.45) is 0 Å². The Hall–Kier alpha value is -0.390. The van der Waals surface area contributed by atoms with Gasteiger partial charge in [-0.25, -0.2) is 4.98 Å². The number of aryl methyl sites for hydroxylation is 2. The minimum atomic E-state index is 0.516. The lowest BCUT2D eigenvalue weighted by atomic mass is 10.2. The van der Waals surface area contributed by atoms with Crippen LogP contribution in [0.3, 0.4) is 0 Å². The number of hydrogen-bond acceptors (Lipinski definition) is 3. The van der Waals surface area contributed by atoms with E-state index in [-0.39, 0.29) is 0 Å². The molecule has 0 N–H and O–H groups in total. The van der Waals surface area contributed by atoms with E-state index >= 15 is 0 Å². The monoisotopic (exact) mass is 389 g/mol. The second-order valence-corrected chi connectivity index (χ2v) is 6.60. The van der Waals surface area contributed by atoms with Gasteiger partial charge in [-0.15, -0.1) is 11.3 Å². The third kappa shape index (κ3) is 3.13. The molecule has 0 saturated carbocycles. The summed E-state index contributed by atoms with van der Waals surface area (Å²) in [5.41, 5.74) is 2.22. The Morgan fingerprint density at radius 3 is 2.72 bits per heavy atom. The van der Waals surface area contributed by atoms with Gasteiger partial charge in [0.2, 0.25) is 0 Å². The second kappa shape index (κ2) is 6.17. The topological polar surface area (TPSA) is 22.1 Å². The van der Waals surface area contributed by atoms with Crippen LogP contribution in [0.25, 0.3) is 0 Å². The van der Waals surface area contributed by atoms with Crippen molar-refractivity contribution < 1.29 is 4.74 Å². The molecule has 0 aliphatic carbocycles. The summed E-state index contributed by atoms with van der Waals surface area (Å²) in [7, 11) is 0. The zero-order valence-electron chi connectivity index (χ0n) is 10.2. The van der Waals surface area contributed by atoms with Gasteiger partial charge in [0, 0.05) is 15.8 Å². The summed E-state index contributed by atoms with van der Waals surface area (Å²) in [5, 5.41) is 1.79. The first kappa shape index (κ1) is 14.0. The molecule has 0 aliphatic rings. The summed E-state index contributed by atoms with van der Waals surface area (Å²) in [4.78, 5) is 5.73. The number of para-hydroxylation sites is 1. The van der Waals surface area contributed by atoms with Crippen molar-refractivity contribution in [1.29, 1.82) is 0 Å². The van der Waals surface area contributed by atoms with Crippen LogP contribution < -0.4 is 4.74 Å². The molecular formula is C13H13Br2NOS. The second-order valence-electron chi connectivity index (χ2n) is 3.90. The SMILES string of the molecule is Cc1nc(COc2c(Br)cccc2CBr)sc1C. The third-order valence-corrected chi connectivity index (χ3v) is 4.88. The molecule has 1 heterocycles. The first-order valence-corrected chi connectivity index (χ1v) is 8.24. The number of alkyl halides is 1. The molecule has 18 heavy (non-hydrogen) atoms. The highest BCUT2D eigenvalue weighted by atomic mass is 79.9. The maximum absolute atomic E-state index is 5.88. The van der Waals surface area contributed by atoms with Crippen LogP contribution in [0.4, 0.5) is 0 Å². The fraction of sp³-hybridized carbons (Fsp3) is 0.308. The van der Waals surface area contributed by atoms with E-state index in [4.69, 9.17) is 4.74 Å². The molecule has 2 nitrogen and oxygen atoms in total. The van der Waals surface area contributed by atoms with Gasteiger partial charge in [-0.2, -0.15) is 0 Å². The first-order chi connectivity index (χ1) is 8.61. The molecule has 0 amide bonds. The van der Waals surface area contributed by atoms with Crippen molar-refractivity contribution in [3.05, 3.63) is 43.8 Å². The molecule has 0 radical (unpaired) electrons. The number of hydrogen-bond donors (Lipinski definition) is 0. The lowest BCUT2D eigenvalue weighted by Crippen LogP contribution is -1.98. The quantitative estimate of drug-likeness (QED) is 0.685. The molecule has 96 valence electrons. The van der Waals surface area contributed by atoms with E-state index in [2.05, 4.69) is 43.8 Å². The van der Waals surface area contributed by atoms with Crippen molar-refractivity contribution in [3.63, 3.8) is 0 Å². The number of nitrogens with zero attached hydrogens (tertiary/aromatic N) is 1. The Labute approximate surface area is 128 Å². The van der Waals surface area contributed by atoms with Gasteiger partial charge < -0.3 is 4.74 Å². The van der Waals surface area contributed by atoms with Crippen molar-refractivity contribution in [2.45, 2.75) is 25.8 Å². The highest BCUT2D eigenvalue weighted by Gasteiger charge is 2.09. The molecule has 2 aromatic rings. The molecule has 0 spiro atoms. The van der Waals surface area contributed by atoms with E-state index in [0.29, 0.717) is 6.61 Å². The lowest BCUT2D eigenvalue weighted by Gasteiger charge is -2.10. The average Bonchev–Trinajstić information content (AvgIpc) is 2.67. The normalized spacial score (nSPS) is 10.7. The van der Waals surface area contributed by atoms with E-state index in [1.807, 2.05) is 25.1 Å². The maximum Gasteiger partial charge on any atom is 0.140 e. The van der Waals surface area contributed by atoms with E-state index < -0.39 is 0 Å². The van der Waals surface area contributed by atoms with Gasteiger partial charge in [0.15, 0.2) is 0 Å². The number of rotatable bonds is 4. The minimum Gasteiger partial charge on any atom is -0.485 e. The number of halogens is 2. The van der Waals surface area contributed by atoms with Crippen LogP contribution >= 0.6 is 43.2 Å². The van der Waals surface area contributed by atoms with Crippen molar-refractivity contribution in [2.75, 3.05) is 0 Å². The standard InChI is InChI=1S/C13H13Br2NOS/c1-8-9(2)18-12(16-8)7-17-13-10(6-14)4-3-5-11(13)15/h3-5H,6-7H2,1-2H3. The van der Waals surface area contributed by atoms with Crippen molar-refractivity contribution in [1.82, 2.24) is 4.98 Å². The highest BCUT2D eigenvalue weighted by molar-refractivity contribution is 9.10.